The van der Waals surface area contributed by atoms with Gasteiger partial charge in [-0.25, -0.2) is 19.2 Å². The van der Waals surface area contributed by atoms with Crippen LogP contribution in [0.2, 0.25) is 0 Å². The van der Waals surface area contributed by atoms with E-state index in [-0.39, 0.29) is 25.0 Å². The number of hydrogen-bond acceptors (Lipinski definition) is 10. The Hall–Kier alpha value is -5.52. The molecule has 2 unspecified atom stereocenters. The van der Waals surface area contributed by atoms with E-state index in [2.05, 4.69) is 13.2 Å². The van der Waals surface area contributed by atoms with Crippen LogP contribution in [-0.4, -0.2) is 50.3 Å². The van der Waals surface area contributed by atoms with Crippen LogP contribution in [0.5, 0.6) is 23.0 Å². The Kier molecular flexibility index (Phi) is 15.0. The van der Waals surface area contributed by atoms with E-state index in [0.717, 1.165) is 68.9 Å². The first-order valence-electron chi connectivity index (χ1n) is 18.7. The number of carbonyl (C=O) groups excluding carboxylic acids is 4. The minimum Gasteiger partial charge on any atom is -0.494 e. The van der Waals surface area contributed by atoms with Gasteiger partial charge in [-0.05, 0) is 143 Å². The average Bonchev–Trinajstić information content (AvgIpc) is 3.81. The third-order valence-corrected chi connectivity index (χ3v) is 9.57. The van der Waals surface area contributed by atoms with Crippen molar-refractivity contribution in [2.45, 2.75) is 82.5 Å². The Balaban J connectivity index is 1.06. The second-order valence-corrected chi connectivity index (χ2v) is 13.5. The van der Waals surface area contributed by atoms with Gasteiger partial charge < -0.3 is 28.4 Å². The first kappa shape index (κ1) is 40.7. The Labute approximate surface area is 319 Å². The van der Waals surface area contributed by atoms with Crippen molar-refractivity contribution in [2.24, 2.45) is 0 Å². The van der Waals surface area contributed by atoms with Crippen molar-refractivity contribution in [3.05, 3.63) is 108 Å². The van der Waals surface area contributed by atoms with Crippen LogP contribution in [0.25, 0.3) is 0 Å². The van der Waals surface area contributed by atoms with Crippen LogP contribution in [0.1, 0.15) is 114 Å². The zero-order chi connectivity index (χ0) is 39.2. The molecule has 1 fully saturated rings. The summed E-state index contributed by atoms with van der Waals surface area (Å²) in [5.74, 6) is -2.61. The Morgan fingerprint density at radius 2 is 0.891 bits per heavy atom. The Morgan fingerprint density at radius 3 is 1.25 bits per heavy atom. The topological polar surface area (TPSA) is 124 Å². The predicted molar refractivity (Wildman–Crippen MR) is 199 cm³/mol. The lowest BCUT2D eigenvalue weighted by molar-refractivity contribution is -0.141. The third-order valence-electron chi connectivity index (χ3n) is 9.57. The second kappa shape index (κ2) is 20.2. The van der Waals surface area contributed by atoms with E-state index in [9.17, 15) is 28.0 Å². The number of fused-ring (bicyclic) bond motifs is 5. The second-order valence-electron chi connectivity index (χ2n) is 13.5. The highest BCUT2D eigenvalue weighted by Gasteiger charge is 2.42. The molecule has 0 radical (unpaired) electrons. The van der Waals surface area contributed by atoms with Crippen molar-refractivity contribution in [1.29, 1.82) is 0 Å². The van der Waals surface area contributed by atoms with E-state index in [1.807, 2.05) is 0 Å². The van der Waals surface area contributed by atoms with E-state index in [1.54, 1.807) is 60.7 Å². The van der Waals surface area contributed by atoms with Crippen molar-refractivity contribution in [3.63, 3.8) is 0 Å². The Morgan fingerprint density at radius 1 is 0.527 bits per heavy atom. The molecule has 292 valence electrons. The Bertz CT molecular complexity index is 1700. The van der Waals surface area contributed by atoms with Crippen LogP contribution >= 0.6 is 0 Å². The molecule has 10 nitrogen and oxygen atoms in total. The number of halogens is 2. The molecular formula is C43H46F2O10. The zero-order valence-corrected chi connectivity index (χ0v) is 30.8. The van der Waals surface area contributed by atoms with Crippen molar-refractivity contribution < 1.29 is 56.4 Å². The molecule has 0 spiro atoms. The van der Waals surface area contributed by atoms with E-state index in [0.29, 0.717) is 60.2 Å². The number of esters is 4. The van der Waals surface area contributed by atoms with Crippen LogP contribution < -0.4 is 18.9 Å². The first-order chi connectivity index (χ1) is 26.6. The highest BCUT2D eigenvalue weighted by Crippen LogP contribution is 2.58. The van der Waals surface area contributed by atoms with E-state index < -0.39 is 35.5 Å². The van der Waals surface area contributed by atoms with Gasteiger partial charge in [-0.15, -0.1) is 0 Å². The molecule has 12 heteroatoms. The van der Waals surface area contributed by atoms with Crippen LogP contribution in [0, 0.1) is 0 Å². The van der Waals surface area contributed by atoms with Crippen LogP contribution in [0.3, 0.4) is 0 Å². The van der Waals surface area contributed by atoms with Gasteiger partial charge in [0.15, 0.2) is 0 Å². The summed E-state index contributed by atoms with van der Waals surface area (Å²) in [6.45, 7) is 7.05. The average molecular weight is 761 g/mol. The fourth-order valence-electron chi connectivity index (χ4n) is 6.80. The predicted octanol–water partition coefficient (Wildman–Crippen LogP) is 9.42. The van der Waals surface area contributed by atoms with Crippen LogP contribution in [0.15, 0.2) is 85.5 Å². The van der Waals surface area contributed by atoms with Gasteiger partial charge in [-0.1, -0.05) is 13.2 Å². The number of ether oxygens (including phenoxy) is 6. The van der Waals surface area contributed by atoms with Gasteiger partial charge in [0.2, 0.25) is 11.7 Å². The van der Waals surface area contributed by atoms with Crippen LogP contribution in [0.4, 0.5) is 8.78 Å². The maximum absolute atomic E-state index is 13.2. The highest BCUT2D eigenvalue weighted by molar-refractivity contribution is 5.93. The van der Waals surface area contributed by atoms with Gasteiger partial charge in [0.25, 0.3) is 0 Å². The summed E-state index contributed by atoms with van der Waals surface area (Å²) < 4.78 is 58.1. The quantitative estimate of drug-likeness (QED) is 0.0424. The van der Waals surface area contributed by atoms with Crippen molar-refractivity contribution in [2.75, 3.05) is 26.4 Å². The fourth-order valence-corrected chi connectivity index (χ4v) is 6.80. The molecule has 0 saturated heterocycles. The summed E-state index contributed by atoms with van der Waals surface area (Å²) in [4.78, 5) is 48.5. The van der Waals surface area contributed by atoms with Gasteiger partial charge in [0.1, 0.15) is 23.0 Å². The minimum absolute atomic E-state index is 0.146. The number of hydrogen-bond donors (Lipinski definition) is 0. The smallest absolute Gasteiger partial charge is 0.366 e. The molecule has 1 saturated carbocycles. The number of rotatable bonds is 22. The molecule has 2 aliphatic carbocycles. The normalized spacial score (nSPS) is 15.1. The number of unbranched alkanes of at least 4 members (excludes halogenated alkanes) is 6. The van der Waals surface area contributed by atoms with Gasteiger partial charge >= 0.3 is 23.9 Å². The third kappa shape index (κ3) is 11.7. The molecule has 3 aromatic carbocycles. The lowest BCUT2D eigenvalue weighted by Gasteiger charge is -2.21. The molecule has 0 amide bonds. The lowest BCUT2D eigenvalue weighted by Crippen LogP contribution is -2.14. The van der Waals surface area contributed by atoms with Gasteiger partial charge in [-0.2, -0.15) is 8.78 Å². The molecule has 3 aromatic rings. The van der Waals surface area contributed by atoms with Crippen molar-refractivity contribution in [3.8, 4) is 23.0 Å². The highest BCUT2D eigenvalue weighted by atomic mass is 19.1. The first-order valence-corrected chi connectivity index (χ1v) is 18.7. The monoisotopic (exact) mass is 760 g/mol. The van der Waals surface area contributed by atoms with E-state index >= 15 is 0 Å². The minimum atomic E-state index is -1.10. The largest absolute Gasteiger partial charge is 0.494 e. The summed E-state index contributed by atoms with van der Waals surface area (Å²) in [5.41, 5.74) is 2.60. The molecule has 55 heavy (non-hydrogen) atoms. The maximum atomic E-state index is 13.2. The summed E-state index contributed by atoms with van der Waals surface area (Å²) in [6, 6.07) is 16.9. The summed E-state index contributed by atoms with van der Waals surface area (Å²) in [6.07, 6.45) is 8.97. The van der Waals surface area contributed by atoms with Gasteiger partial charge in [0.05, 0.1) is 37.6 Å². The van der Waals surface area contributed by atoms with E-state index in [4.69, 9.17) is 28.4 Å². The summed E-state index contributed by atoms with van der Waals surface area (Å²) >= 11 is 0. The summed E-state index contributed by atoms with van der Waals surface area (Å²) in [7, 11) is 0. The molecule has 5 rings (SSSR count). The molecular weight excluding hydrogens is 714 g/mol. The molecule has 0 aromatic heterocycles. The number of benzene rings is 3. The van der Waals surface area contributed by atoms with Crippen LogP contribution in [-0.2, 0) is 19.1 Å². The molecule has 2 aliphatic rings. The molecule has 0 heterocycles. The number of carbonyl (C=O) groups is 4. The standard InChI is InChI=1S/C43H46F2O10/c1-28(44)40(46)52-25-9-5-3-7-23-50-34-17-13-30(14-18-34)42(48)54-36-21-22-37(39-33-12-11-32(27-33)38(36)39)55-43(49)31-15-19-35(20-16-31)51-24-8-4-6-10-26-53-41(47)29(2)45/h13-22,32-33H,1-12,23-27H2. The summed E-state index contributed by atoms with van der Waals surface area (Å²) in [5, 5.41) is 0. The lowest BCUT2D eigenvalue weighted by atomic mass is 9.90. The molecule has 0 N–H and O–H groups in total. The van der Waals surface area contributed by atoms with Crippen molar-refractivity contribution in [1.82, 2.24) is 0 Å². The van der Waals surface area contributed by atoms with Gasteiger partial charge in [-0.3, -0.25) is 0 Å². The van der Waals surface area contributed by atoms with Gasteiger partial charge in [0, 0.05) is 11.1 Å². The molecule has 0 aliphatic heterocycles. The van der Waals surface area contributed by atoms with E-state index in [1.165, 1.54) is 0 Å². The molecule has 2 atom stereocenters. The fraction of sp³-hybridized carbons (Fsp3) is 0.395. The zero-order valence-electron chi connectivity index (χ0n) is 30.8. The SMILES string of the molecule is C=C(F)C(=O)OCCCCCCOc1ccc(C(=O)Oc2ccc(OC(=O)c3ccc(OCCCCCCOC(=O)C(=C)F)cc3)c3c2C2CCC3C2)cc1. The maximum Gasteiger partial charge on any atom is 0.366 e. The molecule has 2 bridgehead atoms. The van der Waals surface area contributed by atoms with Crippen molar-refractivity contribution >= 4 is 23.9 Å².